The lowest BCUT2D eigenvalue weighted by Crippen LogP contribution is -1.89. The van der Waals surface area contributed by atoms with Crippen molar-refractivity contribution >= 4 is 11.6 Å². The van der Waals surface area contributed by atoms with Crippen molar-refractivity contribution in [2.45, 2.75) is 24.9 Å². The van der Waals surface area contributed by atoms with Gasteiger partial charge in [-0.25, -0.2) is 4.39 Å². The van der Waals surface area contributed by atoms with Crippen LogP contribution in [0.25, 0.3) is 0 Å². The van der Waals surface area contributed by atoms with Gasteiger partial charge in [0.2, 0.25) is 0 Å². The quantitative estimate of drug-likeness (QED) is 0.671. The van der Waals surface area contributed by atoms with E-state index in [-0.39, 0.29) is 0 Å². The van der Waals surface area contributed by atoms with Crippen LogP contribution < -0.4 is 0 Å². The standard InChI is InChI=1S/C11H11ClF/c1-7(13)10-5-4-9(6-11(10)12)8-2-3-8/h4-8H,1-3H2. The zero-order valence-electron chi connectivity index (χ0n) is 7.26. The van der Waals surface area contributed by atoms with Crippen molar-refractivity contribution in [1.82, 2.24) is 0 Å². The first-order valence-electron chi connectivity index (χ1n) is 4.45. The molecule has 1 aromatic rings. The first kappa shape index (κ1) is 9.01. The molecule has 0 amide bonds. The molecule has 1 fully saturated rings. The summed E-state index contributed by atoms with van der Waals surface area (Å²) in [5.41, 5.74) is 1.72. The molecule has 2 rings (SSSR count). The maximum absolute atomic E-state index is 12.8. The topological polar surface area (TPSA) is 0 Å². The number of halogens is 2. The maximum Gasteiger partial charge on any atom is 0.127 e. The Labute approximate surface area is 82.7 Å². The first-order valence-corrected chi connectivity index (χ1v) is 4.83. The summed E-state index contributed by atoms with van der Waals surface area (Å²) in [5.74, 6) is 0.662. The van der Waals surface area contributed by atoms with Crippen molar-refractivity contribution in [3.63, 3.8) is 0 Å². The number of hydrogen-bond donors (Lipinski definition) is 0. The van der Waals surface area contributed by atoms with Crippen molar-refractivity contribution < 1.29 is 4.39 Å². The molecule has 69 valence electrons. The van der Waals surface area contributed by atoms with Crippen molar-refractivity contribution in [3.05, 3.63) is 41.3 Å². The van der Waals surface area contributed by atoms with Crippen molar-refractivity contribution in [2.24, 2.45) is 0 Å². The second-order valence-corrected chi connectivity index (χ2v) is 3.93. The van der Waals surface area contributed by atoms with Crippen LogP contribution in [0.4, 0.5) is 4.39 Å². The molecule has 1 aliphatic rings. The molecule has 0 aliphatic heterocycles. The van der Waals surface area contributed by atoms with E-state index in [1.807, 2.05) is 12.1 Å². The fourth-order valence-electron chi connectivity index (χ4n) is 1.47. The SMILES string of the molecule is [CH2]C(F)c1ccc(C2CC2)cc1Cl. The van der Waals surface area contributed by atoms with Crippen molar-refractivity contribution in [1.29, 1.82) is 0 Å². The molecule has 1 saturated carbocycles. The molecule has 0 N–H and O–H groups in total. The van der Waals surface area contributed by atoms with Crippen LogP contribution in [0.2, 0.25) is 5.02 Å². The highest BCUT2D eigenvalue weighted by molar-refractivity contribution is 6.31. The average molecular weight is 198 g/mol. The Morgan fingerprint density at radius 3 is 2.62 bits per heavy atom. The lowest BCUT2D eigenvalue weighted by atomic mass is 10.1. The monoisotopic (exact) mass is 197 g/mol. The van der Waals surface area contributed by atoms with Gasteiger partial charge in [-0.2, -0.15) is 0 Å². The third kappa shape index (κ3) is 1.86. The molecule has 13 heavy (non-hydrogen) atoms. The van der Waals surface area contributed by atoms with E-state index >= 15 is 0 Å². The van der Waals surface area contributed by atoms with E-state index in [1.165, 1.54) is 18.4 Å². The van der Waals surface area contributed by atoms with Crippen LogP contribution in [0.3, 0.4) is 0 Å². The van der Waals surface area contributed by atoms with Gasteiger partial charge in [-0.05, 0) is 37.3 Å². The molecule has 1 radical (unpaired) electrons. The fraction of sp³-hybridized carbons (Fsp3) is 0.364. The minimum atomic E-state index is -1.22. The molecule has 2 heteroatoms. The molecule has 1 aromatic carbocycles. The summed E-state index contributed by atoms with van der Waals surface area (Å²) in [5, 5.41) is 0.506. The van der Waals surface area contributed by atoms with Gasteiger partial charge in [-0.15, -0.1) is 0 Å². The summed E-state index contributed by atoms with van der Waals surface area (Å²) in [6.45, 7) is 3.31. The summed E-state index contributed by atoms with van der Waals surface area (Å²) in [6.07, 6.45) is 1.25. The molecule has 1 unspecified atom stereocenters. The normalized spacial score (nSPS) is 18.7. The third-order valence-corrected chi connectivity index (χ3v) is 2.74. The Bertz CT molecular complexity index is 316. The Balaban J connectivity index is 2.31. The number of benzene rings is 1. The summed E-state index contributed by atoms with van der Waals surface area (Å²) in [6, 6.07) is 5.57. The predicted octanol–water partition coefficient (Wildman–Crippen LogP) is 4.06. The number of alkyl halides is 1. The van der Waals surface area contributed by atoms with Crippen molar-refractivity contribution in [3.8, 4) is 0 Å². The van der Waals surface area contributed by atoms with Gasteiger partial charge in [0.05, 0.1) is 0 Å². The van der Waals surface area contributed by atoms with Gasteiger partial charge in [-0.1, -0.05) is 23.7 Å². The number of rotatable bonds is 2. The smallest absolute Gasteiger partial charge is 0.127 e. The summed E-state index contributed by atoms with van der Waals surface area (Å²) < 4.78 is 12.8. The Hall–Kier alpha value is -0.560. The van der Waals surface area contributed by atoms with E-state index in [2.05, 4.69) is 6.92 Å². The van der Waals surface area contributed by atoms with Crippen LogP contribution in [-0.2, 0) is 0 Å². The highest BCUT2D eigenvalue weighted by atomic mass is 35.5. The molecule has 0 bridgehead atoms. The average Bonchev–Trinajstić information content (AvgIpc) is 2.85. The Kier molecular flexibility index (Phi) is 2.29. The van der Waals surface area contributed by atoms with E-state index in [0.717, 1.165) is 0 Å². The zero-order valence-corrected chi connectivity index (χ0v) is 8.02. The summed E-state index contributed by atoms with van der Waals surface area (Å²) in [4.78, 5) is 0. The van der Waals surface area contributed by atoms with Crippen LogP contribution in [0.1, 0.15) is 36.1 Å². The Morgan fingerprint density at radius 1 is 1.46 bits per heavy atom. The van der Waals surface area contributed by atoms with Crippen LogP contribution in [0.15, 0.2) is 18.2 Å². The molecule has 0 saturated heterocycles. The van der Waals surface area contributed by atoms with E-state index in [9.17, 15) is 4.39 Å². The highest BCUT2D eigenvalue weighted by Gasteiger charge is 2.24. The molecular weight excluding hydrogens is 187 g/mol. The largest absolute Gasteiger partial charge is 0.242 e. The zero-order chi connectivity index (χ0) is 9.42. The van der Waals surface area contributed by atoms with Crippen molar-refractivity contribution in [2.75, 3.05) is 0 Å². The first-order chi connectivity index (χ1) is 6.18. The molecule has 1 atom stereocenters. The number of hydrogen-bond acceptors (Lipinski definition) is 0. The molecule has 0 aromatic heterocycles. The molecule has 1 aliphatic carbocycles. The second kappa shape index (κ2) is 3.30. The van der Waals surface area contributed by atoms with Gasteiger partial charge >= 0.3 is 0 Å². The van der Waals surface area contributed by atoms with E-state index in [4.69, 9.17) is 11.6 Å². The molecule has 0 spiro atoms. The lowest BCUT2D eigenvalue weighted by Gasteiger charge is -2.06. The molecule has 0 nitrogen and oxygen atoms in total. The van der Waals surface area contributed by atoms with E-state index < -0.39 is 6.17 Å². The molecule has 0 heterocycles. The Morgan fingerprint density at radius 2 is 2.15 bits per heavy atom. The van der Waals surface area contributed by atoms with Crippen LogP contribution in [0, 0.1) is 6.92 Å². The maximum atomic E-state index is 12.8. The summed E-state index contributed by atoms with van der Waals surface area (Å²) in [7, 11) is 0. The van der Waals surface area contributed by atoms with E-state index in [1.54, 1.807) is 6.07 Å². The van der Waals surface area contributed by atoms with Crippen LogP contribution >= 0.6 is 11.6 Å². The van der Waals surface area contributed by atoms with Gasteiger partial charge in [0.15, 0.2) is 0 Å². The van der Waals surface area contributed by atoms with Crippen LogP contribution in [-0.4, -0.2) is 0 Å². The van der Waals surface area contributed by atoms with Crippen LogP contribution in [0.5, 0.6) is 0 Å². The summed E-state index contributed by atoms with van der Waals surface area (Å²) >= 11 is 5.92. The van der Waals surface area contributed by atoms with Gasteiger partial charge in [0.1, 0.15) is 6.17 Å². The third-order valence-electron chi connectivity index (χ3n) is 2.41. The highest BCUT2D eigenvalue weighted by Crippen LogP contribution is 2.41. The van der Waals surface area contributed by atoms with Gasteiger partial charge < -0.3 is 0 Å². The van der Waals surface area contributed by atoms with Gasteiger partial charge in [0.25, 0.3) is 0 Å². The predicted molar refractivity (Wildman–Crippen MR) is 52.6 cm³/mol. The van der Waals surface area contributed by atoms with E-state index in [0.29, 0.717) is 16.5 Å². The minimum absolute atomic E-state index is 0.492. The fourth-order valence-corrected chi connectivity index (χ4v) is 1.78. The van der Waals surface area contributed by atoms with Gasteiger partial charge in [-0.3, -0.25) is 0 Å². The van der Waals surface area contributed by atoms with Gasteiger partial charge in [0, 0.05) is 10.6 Å². The lowest BCUT2D eigenvalue weighted by molar-refractivity contribution is 0.411. The second-order valence-electron chi connectivity index (χ2n) is 3.52. The minimum Gasteiger partial charge on any atom is -0.242 e. The molecular formula is C11H11ClF.